The lowest BCUT2D eigenvalue weighted by atomic mass is 10.1. The molecular formula is C14H24N2O3S. The van der Waals surface area contributed by atoms with Gasteiger partial charge in [-0.25, -0.2) is 13.1 Å². The van der Waals surface area contributed by atoms with Crippen molar-refractivity contribution < 1.29 is 12.8 Å². The molecule has 1 aromatic heterocycles. The fraction of sp³-hybridized carbons (Fsp3) is 0.714. The molecule has 0 amide bonds. The monoisotopic (exact) mass is 300 g/mol. The number of hydrogen-bond acceptors (Lipinski definition) is 4. The van der Waals surface area contributed by atoms with Gasteiger partial charge in [-0.15, -0.1) is 0 Å². The number of nitrogens with one attached hydrogen (secondary N) is 2. The zero-order valence-corrected chi connectivity index (χ0v) is 13.0. The Kier molecular flexibility index (Phi) is 5.23. The predicted molar refractivity (Wildman–Crippen MR) is 77.8 cm³/mol. The molecule has 0 aromatic carbocycles. The highest BCUT2D eigenvalue weighted by atomic mass is 32.2. The summed E-state index contributed by atoms with van der Waals surface area (Å²) in [5.74, 6) is 1.72. The van der Waals surface area contributed by atoms with Gasteiger partial charge in [0.05, 0.1) is 6.54 Å². The van der Waals surface area contributed by atoms with Crippen LogP contribution in [0.2, 0.25) is 0 Å². The highest BCUT2D eigenvalue weighted by molar-refractivity contribution is 7.89. The molecule has 0 bridgehead atoms. The fourth-order valence-corrected chi connectivity index (χ4v) is 3.22. The van der Waals surface area contributed by atoms with Gasteiger partial charge in [-0.05, 0) is 49.8 Å². The van der Waals surface area contributed by atoms with Gasteiger partial charge in [-0.1, -0.05) is 13.8 Å². The number of sulfonamides is 1. The second kappa shape index (κ2) is 6.74. The lowest BCUT2D eigenvalue weighted by molar-refractivity contribution is 0.397. The molecular weight excluding hydrogens is 276 g/mol. The maximum Gasteiger partial charge on any atom is 0.273 e. The van der Waals surface area contributed by atoms with Crippen molar-refractivity contribution in [2.75, 3.05) is 13.1 Å². The largest absolute Gasteiger partial charge is 0.447 e. The number of furan rings is 1. The molecule has 1 aliphatic carbocycles. The Bertz CT molecular complexity index is 520. The summed E-state index contributed by atoms with van der Waals surface area (Å²) in [6.45, 7) is 6.09. The van der Waals surface area contributed by atoms with Gasteiger partial charge in [0, 0.05) is 6.54 Å². The first-order chi connectivity index (χ1) is 9.53. The Labute approximate surface area is 121 Å². The Morgan fingerprint density at radius 2 is 2.15 bits per heavy atom. The molecule has 0 spiro atoms. The molecule has 114 valence electrons. The summed E-state index contributed by atoms with van der Waals surface area (Å²) in [5, 5.41) is 3.19. The van der Waals surface area contributed by atoms with E-state index >= 15 is 0 Å². The van der Waals surface area contributed by atoms with Crippen LogP contribution < -0.4 is 10.0 Å². The summed E-state index contributed by atoms with van der Waals surface area (Å²) in [7, 11) is -3.52. The van der Waals surface area contributed by atoms with Gasteiger partial charge in [0.25, 0.3) is 10.0 Å². The normalized spacial score (nSPS) is 17.3. The van der Waals surface area contributed by atoms with Crippen molar-refractivity contribution in [1.82, 2.24) is 10.0 Å². The summed E-state index contributed by atoms with van der Waals surface area (Å²) >= 11 is 0. The van der Waals surface area contributed by atoms with E-state index in [0.717, 1.165) is 13.0 Å². The SMILES string of the molecule is CCCNCc1ccc(S(=O)(=O)NCC(C)C2CC2)o1. The van der Waals surface area contributed by atoms with Crippen LogP contribution in [-0.4, -0.2) is 21.5 Å². The molecule has 0 saturated heterocycles. The van der Waals surface area contributed by atoms with Gasteiger partial charge in [-0.3, -0.25) is 0 Å². The molecule has 1 heterocycles. The lowest BCUT2D eigenvalue weighted by Crippen LogP contribution is -2.28. The summed E-state index contributed by atoms with van der Waals surface area (Å²) in [6, 6.07) is 3.23. The average molecular weight is 300 g/mol. The van der Waals surface area contributed by atoms with Gasteiger partial charge >= 0.3 is 0 Å². The first-order valence-corrected chi connectivity index (χ1v) is 8.80. The van der Waals surface area contributed by atoms with Gasteiger partial charge in [0.2, 0.25) is 5.09 Å². The molecule has 1 atom stereocenters. The smallest absolute Gasteiger partial charge is 0.273 e. The van der Waals surface area contributed by atoms with E-state index in [1.807, 2.05) is 0 Å². The molecule has 5 nitrogen and oxygen atoms in total. The Morgan fingerprint density at radius 3 is 2.80 bits per heavy atom. The van der Waals surface area contributed by atoms with Crippen LogP contribution in [0.4, 0.5) is 0 Å². The van der Waals surface area contributed by atoms with Gasteiger partial charge in [0.1, 0.15) is 5.76 Å². The van der Waals surface area contributed by atoms with Crippen LogP contribution in [-0.2, 0) is 16.6 Å². The summed E-state index contributed by atoms with van der Waals surface area (Å²) in [6.07, 6.45) is 3.47. The molecule has 2 rings (SSSR count). The molecule has 1 aromatic rings. The second-order valence-electron chi connectivity index (χ2n) is 5.56. The molecule has 1 fully saturated rings. The van der Waals surface area contributed by atoms with E-state index in [4.69, 9.17) is 4.42 Å². The van der Waals surface area contributed by atoms with Crippen molar-refractivity contribution in [2.24, 2.45) is 11.8 Å². The zero-order valence-electron chi connectivity index (χ0n) is 12.2. The number of hydrogen-bond donors (Lipinski definition) is 2. The Hall–Kier alpha value is -0.850. The second-order valence-corrected chi connectivity index (χ2v) is 7.26. The minimum absolute atomic E-state index is 0.00814. The average Bonchev–Trinajstić information content (AvgIpc) is 3.15. The molecule has 0 aliphatic heterocycles. The van der Waals surface area contributed by atoms with Crippen LogP contribution in [0.15, 0.2) is 21.6 Å². The third-order valence-electron chi connectivity index (χ3n) is 3.65. The highest BCUT2D eigenvalue weighted by Crippen LogP contribution is 2.36. The van der Waals surface area contributed by atoms with E-state index < -0.39 is 10.0 Å². The first-order valence-electron chi connectivity index (χ1n) is 7.32. The summed E-state index contributed by atoms with van der Waals surface area (Å²) in [4.78, 5) is 0. The van der Waals surface area contributed by atoms with E-state index in [0.29, 0.717) is 30.7 Å². The van der Waals surface area contributed by atoms with Crippen LogP contribution in [0.1, 0.15) is 38.9 Å². The topological polar surface area (TPSA) is 71.3 Å². The van der Waals surface area contributed by atoms with Gasteiger partial charge in [-0.2, -0.15) is 0 Å². The highest BCUT2D eigenvalue weighted by Gasteiger charge is 2.29. The van der Waals surface area contributed by atoms with Crippen molar-refractivity contribution in [3.05, 3.63) is 17.9 Å². The van der Waals surface area contributed by atoms with Crippen molar-refractivity contribution in [1.29, 1.82) is 0 Å². The molecule has 1 saturated carbocycles. The van der Waals surface area contributed by atoms with Crippen LogP contribution in [0, 0.1) is 11.8 Å². The molecule has 20 heavy (non-hydrogen) atoms. The van der Waals surface area contributed by atoms with E-state index in [-0.39, 0.29) is 5.09 Å². The van der Waals surface area contributed by atoms with Gasteiger partial charge in [0.15, 0.2) is 0 Å². The zero-order chi connectivity index (χ0) is 14.6. The fourth-order valence-electron chi connectivity index (χ4n) is 2.13. The van der Waals surface area contributed by atoms with E-state index in [1.54, 1.807) is 6.07 Å². The third kappa shape index (κ3) is 4.33. The maximum atomic E-state index is 12.1. The van der Waals surface area contributed by atoms with Crippen molar-refractivity contribution >= 4 is 10.0 Å². The van der Waals surface area contributed by atoms with E-state index in [1.165, 1.54) is 18.9 Å². The van der Waals surface area contributed by atoms with Crippen molar-refractivity contribution in [3.63, 3.8) is 0 Å². The van der Waals surface area contributed by atoms with Crippen LogP contribution >= 0.6 is 0 Å². The lowest BCUT2D eigenvalue weighted by Gasteiger charge is -2.10. The minimum atomic E-state index is -3.52. The minimum Gasteiger partial charge on any atom is -0.447 e. The first kappa shape index (κ1) is 15.5. The third-order valence-corrected chi connectivity index (χ3v) is 4.95. The molecule has 1 aliphatic rings. The standard InChI is InChI=1S/C14H24N2O3S/c1-3-8-15-10-13-6-7-14(19-13)20(17,18)16-9-11(2)12-4-5-12/h6-7,11-12,15-16H,3-5,8-10H2,1-2H3. The Balaban J connectivity index is 1.87. The molecule has 0 radical (unpaired) electrons. The maximum absolute atomic E-state index is 12.1. The van der Waals surface area contributed by atoms with Crippen molar-refractivity contribution in [3.8, 4) is 0 Å². The van der Waals surface area contributed by atoms with Crippen molar-refractivity contribution in [2.45, 2.75) is 44.7 Å². The predicted octanol–water partition coefficient (Wildman–Crippen LogP) is 2.10. The quantitative estimate of drug-likeness (QED) is 0.685. The van der Waals surface area contributed by atoms with Gasteiger partial charge < -0.3 is 9.73 Å². The molecule has 1 unspecified atom stereocenters. The number of rotatable bonds is 9. The summed E-state index contributed by atoms with van der Waals surface area (Å²) < 4.78 is 32.2. The van der Waals surface area contributed by atoms with Crippen LogP contribution in [0.3, 0.4) is 0 Å². The summed E-state index contributed by atoms with van der Waals surface area (Å²) in [5.41, 5.74) is 0. The van der Waals surface area contributed by atoms with Crippen LogP contribution in [0.5, 0.6) is 0 Å². The molecule has 6 heteroatoms. The van der Waals surface area contributed by atoms with Crippen LogP contribution in [0.25, 0.3) is 0 Å². The van der Waals surface area contributed by atoms with E-state index in [9.17, 15) is 8.42 Å². The van der Waals surface area contributed by atoms with E-state index in [2.05, 4.69) is 23.9 Å². The Morgan fingerprint density at radius 1 is 1.40 bits per heavy atom. The molecule has 2 N–H and O–H groups in total.